The Morgan fingerprint density at radius 3 is 2.80 bits per heavy atom. The molecule has 82 valence electrons. The van der Waals surface area contributed by atoms with Crippen molar-refractivity contribution in [3.05, 3.63) is 21.9 Å². The van der Waals surface area contributed by atoms with Crippen molar-refractivity contribution in [1.29, 1.82) is 0 Å². The summed E-state index contributed by atoms with van der Waals surface area (Å²) < 4.78 is 0. The number of carboxylic acid groups (broad SMARTS) is 1. The minimum atomic E-state index is -0.837. The Morgan fingerprint density at radius 2 is 2.27 bits per heavy atom. The fourth-order valence-corrected chi connectivity index (χ4v) is 1.89. The van der Waals surface area contributed by atoms with Crippen molar-refractivity contribution >= 4 is 23.2 Å². The van der Waals surface area contributed by atoms with Gasteiger partial charge in [0.05, 0.1) is 4.88 Å². The van der Waals surface area contributed by atoms with Crippen molar-refractivity contribution in [2.45, 2.75) is 19.8 Å². The number of carbonyl (C=O) groups excluding carboxylic acids is 1. The van der Waals surface area contributed by atoms with Gasteiger partial charge in [-0.05, 0) is 30.4 Å². The van der Waals surface area contributed by atoms with Gasteiger partial charge in [-0.2, -0.15) is 0 Å². The maximum Gasteiger partial charge on any atom is 0.303 e. The molecule has 0 spiro atoms. The molecule has 0 saturated heterocycles. The van der Waals surface area contributed by atoms with E-state index in [1.165, 1.54) is 11.3 Å². The molecule has 1 aromatic rings. The van der Waals surface area contributed by atoms with Gasteiger partial charge in [0.15, 0.2) is 0 Å². The summed E-state index contributed by atoms with van der Waals surface area (Å²) in [4.78, 5) is 22.3. The summed E-state index contributed by atoms with van der Waals surface area (Å²) in [5, 5.41) is 13.0. The molecule has 4 nitrogen and oxygen atoms in total. The molecule has 0 unspecified atom stereocenters. The van der Waals surface area contributed by atoms with Gasteiger partial charge < -0.3 is 10.4 Å². The predicted octanol–water partition coefficient (Wildman–Crippen LogP) is 1.65. The molecule has 15 heavy (non-hydrogen) atoms. The number of hydrogen-bond acceptors (Lipinski definition) is 3. The van der Waals surface area contributed by atoms with Gasteiger partial charge in [0, 0.05) is 13.0 Å². The molecule has 1 heterocycles. The molecule has 0 aliphatic carbocycles. The monoisotopic (exact) mass is 227 g/mol. The molecule has 0 saturated carbocycles. The zero-order valence-electron chi connectivity index (χ0n) is 8.45. The number of hydrogen-bond donors (Lipinski definition) is 2. The fourth-order valence-electron chi connectivity index (χ4n) is 1.08. The summed E-state index contributed by atoms with van der Waals surface area (Å²) in [6, 6.07) is 1.82. The minimum Gasteiger partial charge on any atom is -0.481 e. The highest BCUT2D eigenvalue weighted by atomic mass is 32.1. The third-order valence-corrected chi connectivity index (χ3v) is 2.85. The number of thiophene rings is 1. The molecule has 0 bridgehead atoms. The van der Waals surface area contributed by atoms with Crippen LogP contribution in [0.3, 0.4) is 0 Å². The molecule has 0 atom stereocenters. The van der Waals surface area contributed by atoms with Crippen molar-refractivity contribution in [3.8, 4) is 0 Å². The van der Waals surface area contributed by atoms with Crippen molar-refractivity contribution in [1.82, 2.24) is 5.32 Å². The zero-order valence-corrected chi connectivity index (χ0v) is 9.26. The smallest absolute Gasteiger partial charge is 0.303 e. The van der Waals surface area contributed by atoms with Crippen LogP contribution in [0.15, 0.2) is 11.4 Å². The van der Waals surface area contributed by atoms with E-state index in [9.17, 15) is 9.59 Å². The van der Waals surface area contributed by atoms with Gasteiger partial charge >= 0.3 is 5.97 Å². The van der Waals surface area contributed by atoms with Gasteiger partial charge in [0.2, 0.25) is 0 Å². The lowest BCUT2D eigenvalue weighted by atomic mass is 10.3. The predicted molar refractivity (Wildman–Crippen MR) is 58.3 cm³/mol. The van der Waals surface area contributed by atoms with Crippen LogP contribution in [0.25, 0.3) is 0 Å². The van der Waals surface area contributed by atoms with E-state index < -0.39 is 5.97 Å². The van der Waals surface area contributed by atoms with Crippen LogP contribution in [-0.4, -0.2) is 23.5 Å². The number of amides is 1. The fraction of sp³-hybridized carbons (Fsp3) is 0.400. The van der Waals surface area contributed by atoms with Gasteiger partial charge in [-0.1, -0.05) is 0 Å². The van der Waals surface area contributed by atoms with Crippen molar-refractivity contribution in [2.75, 3.05) is 6.54 Å². The molecular formula is C10H13NO3S. The largest absolute Gasteiger partial charge is 0.481 e. The van der Waals surface area contributed by atoms with E-state index in [2.05, 4.69) is 5.32 Å². The van der Waals surface area contributed by atoms with Crippen LogP contribution in [0.2, 0.25) is 0 Å². The first-order valence-electron chi connectivity index (χ1n) is 4.64. The number of aliphatic carboxylic acids is 1. The molecule has 1 rings (SSSR count). The Kier molecular flexibility index (Phi) is 4.30. The summed E-state index contributed by atoms with van der Waals surface area (Å²) in [6.07, 6.45) is 0.551. The van der Waals surface area contributed by atoms with Gasteiger partial charge in [-0.15, -0.1) is 11.3 Å². The number of nitrogens with one attached hydrogen (secondary N) is 1. The maximum absolute atomic E-state index is 11.5. The molecule has 0 aliphatic heterocycles. The molecule has 5 heteroatoms. The topological polar surface area (TPSA) is 66.4 Å². The first-order chi connectivity index (χ1) is 7.09. The summed E-state index contributed by atoms with van der Waals surface area (Å²) in [5.74, 6) is -0.963. The Balaban J connectivity index is 2.28. The first kappa shape index (κ1) is 11.7. The van der Waals surface area contributed by atoms with E-state index in [1.807, 2.05) is 18.4 Å². The van der Waals surface area contributed by atoms with Gasteiger partial charge in [-0.25, -0.2) is 0 Å². The molecule has 0 aromatic carbocycles. The maximum atomic E-state index is 11.5. The first-order valence-corrected chi connectivity index (χ1v) is 5.52. The van der Waals surface area contributed by atoms with E-state index in [1.54, 1.807) is 0 Å². The highest BCUT2D eigenvalue weighted by Crippen LogP contribution is 2.12. The number of carboxylic acids is 1. The highest BCUT2D eigenvalue weighted by molar-refractivity contribution is 7.12. The number of carbonyl (C=O) groups is 2. The molecular weight excluding hydrogens is 214 g/mol. The lowest BCUT2D eigenvalue weighted by Crippen LogP contribution is -2.23. The standard InChI is InChI=1S/C10H13NO3S/c1-7-5-8(15-6-7)10(14)11-4-2-3-9(12)13/h5-6H,2-4H2,1H3,(H,11,14)(H,12,13). The van der Waals surface area contributed by atoms with Crippen LogP contribution in [-0.2, 0) is 4.79 Å². The Bertz CT molecular complexity index is 359. The Hall–Kier alpha value is -1.36. The van der Waals surface area contributed by atoms with Crippen LogP contribution in [0.4, 0.5) is 0 Å². The number of aryl methyl sites for hydroxylation is 1. The van der Waals surface area contributed by atoms with Crippen molar-refractivity contribution in [2.24, 2.45) is 0 Å². The molecule has 2 N–H and O–H groups in total. The average Bonchev–Trinajstić information content (AvgIpc) is 2.59. The second kappa shape index (κ2) is 5.50. The molecule has 1 amide bonds. The summed E-state index contributed by atoms with van der Waals surface area (Å²) in [5.41, 5.74) is 1.07. The molecule has 1 aromatic heterocycles. The summed E-state index contributed by atoms with van der Waals surface area (Å²) in [6.45, 7) is 2.33. The van der Waals surface area contributed by atoms with Crippen LogP contribution >= 0.6 is 11.3 Å². The average molecular weight is 227 g/mol. The van der Waals surface area contributed by atoms with E-state index in [-0.39, 0.29) is 12.3 Å². The SMILES string of the molecule is Cc1csc(C(=O)NCCCC(=O)O)c1. The van der Waals surface area contributed by atoms with Gasteiger partial charge in [0.25, 0.3) is 5.91 Å². The Labute approximate surface area is 91.9 Å². The van der Waals surface area contributed by atoms with E-state index in [4.69, 9.17) is 5.11 Å². The van der Waals surface area contributed by atoms with E-state index in [0.717, 1.165) is 5.56 Å². The molecule has 0 radical (unpaired) electrons. The van der Waals surface area contributed by atoms with E-state index >= 15 is 0 Å². The van der Waals surface area contributed by atoms with Crippen LogP contribution in [0, 0.1) is 6.92 Å². The van der Waals surface area contributed by atoms with E-state index in [0.29, 0.717) is 17.8 Å². The van der Waals surface area contributed by atoms with Crippen LogP contribution in [0.5, 0.6) is 0 Å². The molecule has 0 fully saturated rings. The number of rotatable bonds is 5. The summed E-state index contributed by atoms with van der Waals surface area (Å²) in [7, 11) is 0. The lowest BCUT2D eigenvalue weighted by molar-refractivity contribution is -0.137. The Morgan fingerprint density at radius 1 is 1.53 bits per heavy atom. The minimum absolute atomic E-state index is 0.0871. The second-order valence-corrected chi connectivity index (χ2v) is 4.15. The third-order valence-electron chi connectivity index (χ3n) is 1.81. The third kappa shape index (κ3) is 4.12. The zero-order chi connectivity index (χ0) is 11.3. The van der Waals surface area contributed by atoms with Crippen molar-refractivity contribution < 1.29 is 14.7 Å². The van der Waals surface area contributed by atoms with Crippen LogP contribution < -0.4 is 5.32 Å². The van der Waals surface area contributed by atoms with Gasteiger partial charge in [-0.3, -0.25) is 9.59 Å². The van der Waals surface area contributed by atoms with Gasteiger partial charge in [0.1, 0.15) is 0 Å². The molecule has 0 aliphatic rings. The summed E-state index contributed by atoms with van der Waals surface area (Å²) >= 11 is 1.39. The quantitative estimate of drug-likeness (QED) is 0.752. The highest BCUT2D eigenvalue weighted by Gasteiger charge is 2.06. The van der Waals surface area contributed by atoms with Crippen LogP contribution in [0.1, 0.15) is 28.1 Å². The normalized spacial score (nSPS) is 9.93. The van der Waals surface area contributed by atoms with Crippen molar-refractivity contribution in [3.63, 3.8) is 0 Å². The lowest BCUT2D eigenvalue weighted by Gasteiger charge is -2.01. The second-order valence-electron chi connectivity index (χ2n) is 3.24.